The second kappa shape index (κ2) is 4.75. The van der Waals surface area contributed by atoms with E-state index >= 15 is 4.39 Å². The molecule has 0 aromatic heterocycles. The molecule has 3 rings (SSSR count). The Balaban J connectivity index is 1.72. The summed E-state index contributed by atoms with van der Waals surface area (Å²) in [6.07, 6.45) is 9.94. The number of ether oxygens (including phenoxy) is 1. The fourth-order valence-corrected chi connectivity index (χ4v) is 4.21. The van der Waals surface area contributed by atoms with Gasteiger partial charge in [0.1, 0.15) is 5.67 Å². The minimum absolute atomic E-state index is 0.00255. The van der Waals surface area contributed by atoms with Crippen molar-refractivity contribution in [2.24, 2.45) is 17.6 Å². The van der Waals surface area contributed by atoms with Crippen LogP contribution in [0.2, 0.25) is 0 Å². The monoisotopic (exact) mass is 255 g/mol. The van der Waals surface area contributed by atoms with E-state index in [2.05, 4.69) is 0 Å². The van der Waals surface area contributed by atoms with E-state index in [0.717, 1.165) is 45.1 Å². The van der Waals surface area contributed by atoms with Crippen LogP contribution >= 0.6 is 0 Å². The lowest BCUT2D eigenvalue weighted by Gasteiger charge is -2.47. The molecule has 1 spiro atoms. The van der Waals surface area contributed by atoms with E-state index in [1.54, 1.807) is 0 Å². The molecule has 18 heavy (non-hydrogen) atoms. The van der Waals surface area contributed by atoms with Crippen molar-refractivity contribution in [3.63, 3.8) is 0 Å². The molecular formula is C15H26FNO. The van der Waals surface area contributed by atoms with Gasteiger partial charge in [0.15, 0.2) is 0 Å². The summed E-state index contributed by atoms with van der Waals surface area (Å²) in [6.45, 7) is 0.946. The molecule has 104 valence electrons. The van der Waals surface area contributed by atoms with Crippen LogP contribution in [0.5, 0.6) is 0 Å². The number of hydrogen-bond acceptors (Lipinski definition) is 2. The minimum Gasteiger partial charge on any atom is -0.375 e. The van der Waals surface area contributed by atoms with Crippen LogP contribution in [0.25, 0.3) is 0 Å². The molecule has 0 radical (unpaired) electrons. The molecule has 0 amide bonds. The molecule has 1 aliphatic heterocycles. The van der Waals surface area contributed by atoms with Gasteiger partial charge >= 0.3 is 0 Å². The third kappa shape index (κ3) is 2.20. The highest BCUT2D eigenvalue weighted by Gasteiger charge is 2.53. The van der Waals surface area contributed by atoms with Gasteiger partial charge in [-0.1, -0.05) is 19.3 Å². The first-order valence-corrected chi connectivity index (χ1v) is 7.71. The van der Waals surface area contributed by atoms with Crippen molar-refractivity contribution < 1.29 is 9.13 Å². The van der Waals surface area contributed by atoms with E-state index in [1.165, 1.54) is 19.3 Å². The normalized spacial score (nSPS) is 35.3. The van der Waals surface area contributed by atoms with Gasteiger partial charge in [-0.2, -0.15) is 0 Å². The molecule has 3 fully saturated rings. The fourth-order valence-electron chi connectivity index (χ4n) is 4.21. The largest absolute Gasteiger partial charge is 0.375 e. The van der Waals surface area contributed by atoms with Crippen molar-refractivity contribution in [3.05, 3.63) is 0 Å². The Morgan fingerprint density at radius 1 is 1.11 bits per heavy atom. The van der Waals surface area contributed by atoms with Crippen molar-refractivity contribution in [2.45, 2.75) is 69.1 Å². The lowest BCUT2D eigenvalue weighted by Crippen LogP contribution is -2.51. The molecule has 0 aromatic carbocycles. The number of nitrogens with two attached hydrogens (primary N) is 1. The second-order valence-electron chi connectivity index (χ2n) is 6.69. The average molecular weight is 255 g/mol. The molecule has 2 atom stereocenters. The summed E-state index contributed by atoms with van der Waals surface area (Å²) in [5, 5.41) is 0. The molecule has 0 bridgehead atoms. The minimum atomic E-state index is -1.10. The molecule has 1 heterocycles. The number of alkyl halides is 1. The average Bonchev–Trinajstić information content (AvgIpc) is 3.23. The topological polar surface area (TPSA) is 35.2 Å². The summed E-state index contributed by atoms with van der Waals surface area (Å²) < 4.78 is 21.2. The van der Waals surface area contributed by atoms with Crippen molar-refractivity contribution in [1.29, 1.82) is 0 Å². The van der Waals surface area contributed by atoms with Gasteiger partial charge in [0.2, 0.25) is 0 Å². The summed E-state index contributed by atoms with van der Waals surface area (Å²) in [6, 6.07) is 0. The molecule has 1 saturated heterocycles. The van der Waals surface area contributed by atoms with Crippen molar-refractivity contribution >= 4 is 0 Å². The van der Waals surface area contributed by atoms with Gasteiger partial charge in [-0.3, -0.25) is 0 Å². The van der Waals surface area contributed by atoms with E-state index in [-0.39, 0.29) is 24.0 Å². The lowest BCUT2D eigenvalue weighted by atomic mass is 9.70. The van der Waals surface area contributed by atoms with Crippen LogP contribution < -0.4 is 5.73 Å². The summed E-state index contributed by atoms with van der Waals surface area (Å²) in [4.78, 5) is 0. The molecule has 3 heteroatoms. The van der Waals surface area contributed by atoms with Crippen LogP contribution in [-0.4, -0.2) is 24.4 Å². The highest BCUT2D eigenvalue weighted by atomic mass is 19.1. The summed E-state index contributed by atoms with van der Waals surface area (Å²) in [5.41, 5.74) is 4.68. The Morgan fingerprint density at radius 3 is 2.44 bits per heavy atom. The van der Waals surface area contributed by atoms with Crippen LogP contribution in [0, 0.1) is 11.8 Å². The number of rotatable bonds is 3. The van der Waals surface area contributed by atoms with Gasteiger partial charge in [0.05, 0.1) is 5.60 Å². The van der Waals surface area contributed by atoms with Gasteiger partial charge in [0.25, 0.3) is 0 Å². The van der Waals surface area contributed by atoms with E-state index in [0.29, 0.717) is 0 Å². The highest BCUT2D eigenvalue weighted by molar-refractivity contribution is 5.04. The zero-order chi connectivity index (χ0) is 12.6. The first-order chi connectivity index (χ1) is 8.69. The Kier molecular flexibility index (Phi) is 3.39. The molecule has 2 saturated carbocycles. The zero-order valence-electron chi connectivity index (χ0n) is 11.3. The molecule has 2 unspecified atom stereocenters. The molecule has 2 N–H and O–H groups in total. The number of halogens is 1. The van der Waals surface area contributed by atoms with Crippen molar-refractivity contribution in [1.82, 2.24) is 0 Å². The van der Waals surface area contributed by atoms with Gasteiger partial charge in [0, 0.05) is 13.2 Å². The smallest absolute Gasteiger partial charge is 0.129 e. The fraction of sp³-hybridized carbons (Fsp3) is 1.00. The lowest BCUT2D eigenvalue weighted by molar-refractivity contribution is -0.142. The van der Waals surface area contributed by atoms with Crippen LogP contribution in [-0.2, 0) is 4.74 Å². The summed E-state index contributed by atoms with van der Waals surface area (Å²) in [7, 11) is 0. The standard InChI is InChI=1S/C15H26FNO/c16-15(11-17,12-4-5-12)13-6-9-18-14(10-13)7-2-1-3-8-14/h12-13H,1-11,17H2. The Labute approximate surface area is 109 Å². The second-order valence-corrected chi connectivity index (χ2v) is 6.69. The predicted molar refractivity (Wildman–Crippen MR) is 70.1 cm³/mol. The van der Waals surface area contributed by atoms with Gasteiger partial charge in [-0.15, -0.1) is 0 Å². The molecule has 2 nitrogen and oxygen atoms in total. The van der Waals surface area contributed by atoms with E-state index in [1.807, 2.05) is 0 Å². The Morgan fingerprint density at radius 2 is 1.83 bits per heavy atom. The SMILES string of the molecule is NCC(F)(C1CC1)C1CCOC2(CCCCC2)C1. The zero-order valence-corrected chi connectivity index (χ0v) is 11.3. The molecular weight excluding hydrogens is 229 g/mol. The van der Waals surface area contributed by atoms with Crippen LogP contribution in [0.3, 0.4) is 0 Å². The maximum absolute atomic E-state index is 15.1. The van der Waals surface area contributed by atoms with E-state index < -0.39 is 5.67 Å². The van der Waals surface area contributed by atoms with Crippen molar-refractivity contribution in [2.75, 3.05) is 13.2 Å². The van der Waals surface area contributed by atoms with Crippen LogP contribution in [0.1, 0.15) is 57.8 Å². The molecule has 2 aliphatic carbocycles. The number of hydrogen-bond donors (Lipinski definition) is 1. The van der Waals surface area contributed by atoms with Gasteiger partial charge in [-0.25, -0.2) is 4.39 Å². The first-order valence-electron chi connectivity index (χ1n) is 7.71. The maximum atomic E-state index is 15.1. The Bertz CT molecular complexity index is 293. The summed E-state index contributed by atoms with van der Waals surface area (Å²) >= 11 is 0. The quantitative estimate of drug-likeness (QED) is 0.840. The van der Waals surface area contributed by atoms with Crippen LogP contribution in [0.15, 0.2) is 0 Å². The van der Waals surface area contributed by atoms with Gasteiger partial charge < -0.3 is 10.5 Å². The first kappa shape index (κ1) is 12.9. The third-order valence-corrected chi connectivity index (χ3v) is 5.51. The Hall–Kier alpha value is -0.150. The summed E-state index contributed by atoms with van der Waals surface area (Å²) in [5.74, 6) is 0.382. The third-order valence-electron chi connectivity index (χ3n) is 5.51. The maximum Gasteiger partial charge on any atom is 0.129 e. The van der Waals surface area contributed by atoms with Gasteiger partial charge in [-0.05, 0) is 50.4 Å². The van der Waals surface area contributed by atoms with E-state index in [9.17, 15) is 0 Å². The highest BCUT2D eigenvalue weighted by Crippen LogP contribution is 2.52. The van der Waals surface area contributed by atoms with Crippen molar-refractivity contribution in [3.8, 4) is 0 Å². The molecule has 3 aliphatic rings. The van der Waals surface area contributed by atoms with Crippen LogP contribution in [0.4, 0.5) is 4.39 Å². The predicted octanol–water partition coefficient (Wildman–Crippen LogP) is 3.19. The van der Waals surface area contributed by atoms with E-state index in [4.69, 9.17) is 10.5 Å². The molecule has 0 aromatic rings.